The van der Waals surface area contributed by atoms with Crippen molar-refractivity contribution in [2.45, 2.75) is 26.8 Å². The first-order chi connectivity index (χ1) is 8.02. The molecule has 17 heavy (non-hydrogen) atoms. The molecule has 0 aliphatic heterocycles. The van der Waals surface area contributed by atoms with E-state index < -0.39 is 0 Å². The molecule has 0 aliphatic rings. The molecule has 0 bridgehead atoms. The van der Waals surface area contributed by atoms with Crippen LogP contribution in [0.1, 0.15) is 18.1 Å². The zero-order chi connectivity index (χ0) is 12.8. The van der Waals surface area contributed by atoms with Gasteiger partial charge < -0.3 is 15.2 Å². The molecule has 1 aromatic carbocycles. The van der Waals surface area contributed by atoms with Gasteiger partial charge in [-0.15, -0.1) is 0 Å². The molecule has 0 saturated heterocycles. The highest BCUT2D eigenvalue weighted by Gasteiger charge is 2.07. The van der Waals surface area contributed by atoms with Gasteiger partial charge in [0.15, 0.2) is 6.61 Å². The second-order valence-corrected chi connectivity index (χ2v) is 4.19. The van der Waals surface area contributed by atoms with Crippen molar-refractivity contribution in [3.05, 3.63) is 29.3 Å². The van der Waals surface area contributed by atoms with E-state index in [-0.39, 0.29) is 25.2 Å². The van der Waals surface area contributed by atoms with Gasteiger partial charge in [-0.3, -0.25) is 4.79 Å². The van der Waals surface area contributed by atoms with Crippen LogP contribution in [0.3, 0.4) is 0 Å². The van der Waals surface area contributed by atoms with E-state index in [1.165, 1.54) is 5.56 Å². The van der Waals surface area contributed by atoms with E-state index in [9.17, 15) is 4.79 Å². The van der Waals surface area contributed by atoms with Crippen molar-refractivity contribution in [3.63, 3.8) is 0 Å². The van der Waals surface area contributed by atoms with Crippen molar-refractivity contribution in [1.82, 2.24) is 5.32 Å². The highest BCUT2D eigenvalue weighted by atomic mass is 16.5. The summed E-state index contributed by atoms with van der Waals surface area (Å²) in [5, 5.41) is 11.4. The van der Waals surface area contributed by atoms with Crippen LogP contribution >= 0.6 is 0 Å². The van der Waals surface area contributed by atoms with Crippen LogP contribution in [0.4, 0.5) is 0 Å². The Bertz CT molecular complexity index is 390. The van der Waals surface area contributed by atoms with Crippen molar-refractivity contribution in [1.29, 1.82) is 0 Å². The average Bonchev–Trinajstić information content (AvgIpc) is 2.30. The summed E-state index contributed by atoms with van der Waals surface area (Å²) >= 11 is 0. The van der Waals surface area contributed by atoms with E-state index in [1.54, 1.807) is 6.92 Å². The first-order valence-electron chi connectivity index (χ1n) is 5.63. The lowest BCUT2D eigenvalue weighted by Gasteiger charge is -2.12. The monoisotopic (exact) mass is 237 g/mol. The minimum Gasteiger partial charge on any atom is -0.484 e. The van der Waals surface area contributed by atoms with Gasteiger partial charge in [-0.2, -0.15) is 0 Å². The van der Waals surface area contributed by atoms with Crippen molar-refractivity contribution in [2.24, 2.45) is 0 Å². The standard InChI is InChI=1S/C13H19NO3/c1-9-4-5-12(6-10(9)2)17-8-13(16)14-11(3)7-15/h4-6,11,15H,7-8H2,1-3H3,(H,14,16)/t11-/m0/s1. The summed E-state index contributed by atoms with van der Waals surface area (Å²) in [6.07, 6.45) is 0. The molecule has 1 amide bonds. The highest BCUT2D eigenvalue weighted by molar-refractivity contribution is 5.77. The average molecular weight is 237 g/mol. The normalized spacial score (nSPS) is 12.0. The van der Waals surface area contributed by atoms with Gasteiger partial charge in [0, 0.05) is 6.04 Å². The summed E-state index contributed by atoms with van der Waals surface area (Å²) < 4.78 is 5.36. The number of ether oxygens (including phenoxy) is 1. The number of carbonyl (C=O) groups excluding carboxylic acids is 1. The van der Waals surface area contributed by atoms with Crippen LogP contribution in [0.25, 0.3) is 0 Å². The Morgan fingerprint density at radius 2 is 2.12 bits per heavy atom. The largest absolute Gasteiger partial charge is 0.484 e. The van der Waals surface area contributed by atoms with Crippen LogP contribution in [0, 0.1) is 13.8 Å². The van der Waals surface area contributed by atoms with E-state index in [4.69, 9.17) is 9.84 Å². The molecular formula is C13H19NO3. The fourth-order valence-electron chi connectivity index (χ4n) is 1.31. The van der Waals surface area contributed by atoms with Gasteiger partial charge in [-0.1, -0.05) is 6.07 Å². The number of aryl methyl sites for hydroxylation is 2. The summed E-state index contributed by atoms with van der Waals surface area (Å²) in [7, 11) is 0. The molecule has 0 spiro atoms. The molecule has 2 N–H and O–H groups in total. The van der Waals surface area contributed by atoms with Gasteiger partial charge >= 0.3 is 0 Å². The second-order valence-electron chi connectivity index (χ2n) is 4.19. The van der Waals surface area contributed by atoms with Crippen LogP contribution < -0.4 is 10.1 Å². The van der Waals surface area contributed by atoms with Crippen LogP contribution in [0.5, 0.6) is 5.75 Å². The maximum atomic E-state index is 11.4. The number of benzene rings is 1. The molecular weight excluding hydrogens is 218 g/mol. The number of hydrogen-bond acceptors (Lipinski definition) is 3. The molecule has 0 radical (unpaired) electrons. The molecule has 94 valence electrons. The first-order valence-corrected chi connectivity index (χ1v) is 5.63. The molecule has 0 aliphatic carbocycles. The number of carbonyl (C=O) groups is 1. The minimum atomic E-state index is -0.245. The number of nitrogens with one attached hydrogen (secondary N) is 1. The lowest BCUT2D eigenvalue weighted by molar-refractivity contribution is -0.123. The molecule has 1 aromatic rings. The zero-order valence-electron chi connectivity index (χ0n) is 10.5. The molecule has 0 saturated carbocycles. The lowest BCUT2D eigenvalue weighted by atomic mass is 10.1. The predicted octanol–water partition coefficient (Wildman–Crippen LogP) is 1.18. The molecule has 4 heteroatoms. The van der Waals surface area contributed by atoms with Crippen molar-refractivity contribution in [2.75, 3.05) is 13.2 Å². The predicted molar refractivity (Wildman–Crippen MR) is 66.1 cm³/mol. The SMILES string of the molecule is Cc1ccc(OCC(=O)N[C@@H](C)CO)cc1C. The van der Waals surface area contributed by atoms with Crippen LogP contribution in [-0.4, -0.2) is 30.3 Å². The Morgan fingerprint density at radius 1 is 1.41 bits per heavy atom. The molecule has 0 aromatic heterocycles. The van der Waals surface area contributed by atoms with Gasteiger partial charge in [0.2, 0.25) is 0 Å². The second kappa shape index (κ2) is 6.25. The van der Waals surface area contributed by atoms with Crippen LogP contribution in [0.15, 0.2) is 18.2 Å². The molecule has 1 atom stereocenters. The van der Waals surface area contributed by atoms with E-state index in [0.717, 1.165) is 5.56 Å². The van der Waals surface area contributed by atoms with Crippen molar-refractivity contribution < 1.29 is 14.6 Å². The van der Waals surface area contributed by atoms with E-state index in [2.05, 4.69) is 5.32 Å². The molecule has 1 rings (SSSR count). The van der Waals surface area contributed by atoms with E-state index in [1.807, 2.05) is 32.0 Å². The Balaban J connectivity index is 2.45. The maximum Gasteiger partial charge on any atom is 0.258 e. The summed E-state index contributed by atoms with van der Waals surface area (Å²) in [6.45, 7) is 5.64. The number of aliphatic hydroxyl groups excluding tert-OH is 1. The summed E-state index contributed by atoms with van der Waals surface area (Å²) in [4.78, 5) is 11.4. The van der Waals surface area contributed by atoms with Gasteiger partial charge in [-0.25, -0.2) is 0 Å². The Hall–Kier alpha value is -1.55. The van der Waals surface area contributed by atoms with E-state index >= 15 is 0 Å². The molecule has 0 fully saturated rings. The summed E-state index contributed by atoms with van der Waals surface area (Å²) in [5.41, 5.74) is 2.32. The third-order valence-electron chi connectivity index (χ3n) is 2.53. The third-order valence-corrected chi connectivity index (χ3v) is 2.53. The Labute approximate surface area is 102 Å². The number of hydrogen-bond donors (Lipinski definition) is 2. The zero-order valence-corrected chi connectivity index (χ0v) is 10.5. The quantitative estimate of drug-likeness (QED) is 0.808. The Morgan fingerprint density at radius 3 is 2.71 bits per heavy atom. The van der Waals surface area contributed by atoms with Crippen molar-refractivity contribution >= 4 is 5.91 Å². The lowest BCUT2D eigenvalue weighted by Crippen LogP contribution is -2.38. The van der Waals surface area contributed by atoms with Gasteiger partial charge in [0.05, 0.1) is 6.61 Å². The van der Waals surface area contributed by atoms with E-state index in [0.29, 0.717) is 5.75 Å². The topological polar surface area (TPSA) is 58.6 Å². The van der Waals surface area contributed by atoms with Gasteiger partial charge in [-0.05, 0) is 44.0 Å². The Kier molecular flexibility index (Phi) is 4.97. The summed E-state index contributed by atoms with van der Waals surface area (Å²) in [6, 6.07) is 5.45. The fourth-order valence-corrected chi connectivity index (χ4v) is 1.31. The number of amides is 1. The first kappa shape index (κ1) is 13.5. The van der Waals surface area contributed by atoms with Crippen molar-refractivity contribution in [3.8, 4) is 5.75 Å². The maximum absolute atomic E-state index is 11.4. The molecule has 4 nitrogen and oxygen atoms in total. The highest BCUT2D eigenvalue weighted by Crippen LogP contribution is 2.16. The third kappa shape index (κ3) is 4.44. The number of aliphatic hydroxyl groups is 1. The number of rotatable bonds is 5. The van der Waals surface area contributed by atoms with Crippen LogP contribution in [0.2, 0.25) is 0 Å². The smallest absolute Gasteiger partial charge is 0.258 e. The summed E-state index contributed by atoms with van der Waals surface area (Å²) in [5.74, 6) is 0.449. The fraction of sp³-hybridized carbons (Fsp3) is 0.462. The van der Waals surface area contributed by atoms with Gasteiger partial charge in [0.25, 0.3) is 5.91 Å². The molecule has 0 unspecified atom stereocenters. The van der Waals surface area contributed by atoms with Gasteiger partial charge in [0.1, 0.15) is 5.75 Å². The van der Waals surface area contributed by atoms with Crippen LogP contribution in [-0.2, 0) is 4.79 Å². The molecule has 0 heterocycles. The minimum absolute atomic E-state index is 0.0349.